The standard InChI is InChI=1S/C20H32N4O2.HI/c1-3-20(11-5-12-20)15-24-19(22-4-2)23-13-10-16-6-8-17(9-7-16)26-14-18(21)25;/h6-9H,3-5,10-15H2,1-2H3,(H2,21,25)(H2,22,23,24);1H. The topological polar surface area (TPSA) is 88.7 Å². The Kier molecular flexibility index (Phi) is 10.5. The molecule has 6 nitrogen and oxygen atoms in total. The third-order valence-electron chi connectivity index (χ3n) is 5.09. The molecule has 1 aliphatic carbocycles. The van der Waals surface area contributed by atoms with Crippen LogP contribution in [0.15, 0.2) is 29.3 Å². The first kappa shape index (κ1) is 23.5. The van der Waals surface area contributed by atoms with Gasteiger partial charge in [0.2, 0.25) is 0 Å². The van der Waals surface area contributed by atoms with Crippen LogP contribution in [-0.4, -0.2) is 38.1 Å². The van der Waals surface area contributed by atoms with Crippen molar-refractivity contribution in [2.24, 2.45) is 16.1 Å². The summed E-state index contributed by atoms with van der Waals surface area (Å²) in [4.78, 5) is 15.5. The highest BCUT2D eigenvalue weighted by atomic mass is 127. The quantitative estimate of drug-likeness (QED) is 0.269. The van der Waals surface area contributed by atoms with Gasteiger partial charge in [-0.1, -0.05) is 25.5 Å². The van der Waals surface area contributed by atoms with Gasteiger partial charge in [-0.25, -0.2) is 0 Å². The van der Waals surface area contributed by atoms with E-state index in [2.05, 4.69) is 24.5 Å². The van der Waals surface area contributed by atoms with Crippen molar-refractivity contribution in [2.75, 3.05) is 26.2 Å². The first-order valence-electron chi connectivity index (χ1n) is 9.59. The van der Waals surface area contributed by atoms with Crippen LogP contribution in [-0.2, 0) is 11.2 Å². The van der Waals surface area contributed by atoms with Crippen molar-refractivity contribution < 1.29 is 9.53 Å². The molecular weight excluding hydrogens is 455 g/mol. The summed E-state index contributed by atoms with van der Waals surface area (Å²) in [5.41, 5.74) is 6.70. The fourth-order valence-corrected chi connectivity index (χ4v) is 3.12. The number of nitrogens with two attached hydrogens (primary N) is 1. The number of hydrogen-bond acceptors (Lipinski definition) is 3. The second kappa shape index (κ2) is 12.0. The molecule has 1 fully saturated rings. The monoisotopic (exact) mass is 488 g/mol. The Morgan fingerprint density at radius 1 is 1.22 bits per heavy atom. The van der Waals surface area contributed by atoms with Crippen LogP contribution in [0, 0.1) is 5.41 Å². The van der Waals surface area contributed by atoms with Crippen LogP contribution < -0.4 is 21.1 Å². The van der Waals surface area contributed by atoms with Crippen molar-refractivity contribution in [2.45, 2.75) is 46.0 Å². The van der Waals surface area contributed by atoms with Crippen molar-refractivity contribution in [1.29, 1.82) is 0 Å². The number of rotatable bonds is 10. The zero-order chi connectivity index (χ0) is 18.8. The summed E-state index contributed by atoms with van der Waals surface area (Å²) >= 11 is 0. The van der Waals surface area contributed by atoms with Crippen LogP contribution in [0.3, 0.4) is 0 Å². The molecule has 4 N–H and O–H groups in total. The van der Waals surface area contributed by atoms with E-state index in [1.54, 1.807) is 0 Å². The first-order chi connectivity index (χ1) is 12.6. The van der Waals surface area contributed by atoms with E-state index >= 15 is 0 Å². The average molecular weight is 488 g/mol. The Bertz CT molecular complexity index is 595. The van der Waals surface area contributed by atoms with E-state index in [0.29, 0.717) is 11.2 Å². The SMILES string of the molecule is CCNC(=NCC1(CC)CCC1)NCCc1ccc(OCC(N)=O)cc1.I. The molecule has 152 valence electrons. The number of hydrogen-bond donors (Lipinski definition) is 3. The number of amides is 1. The second-order valence-electron chi connectivity index (χ2n) is 6.98. The lowest BCUT2D eigenvalue weighted by molar-refractivity contribution is -0.119. The molecule has 1 aromatic carbocycles. The Morgan fingerprint density at radius 2 is 1.93 bits per heavy atom. The zero-order valence-electron chi connectivity index (χ0n) is 16.4. The largest absolute Gasteiger partial charge is 0.484 e. The number of nitrogens with one attached hydrogen (secondary N) is 2. The van der Waals surface area contributed by atoms with Crippen molar-refractivity contribution in [3.8, 4) is 5.75 Å². The number of guanidine groups is 1. The van der Waals surface area contributed by atoms with Crippen LogP contribution in [0.2, 0.25) is 0 Å². The number of carbonyl (C=O) groups is 1. The number of carbonyl (C=O) groups excluding carboxylic acids is 1. The second-order valence-corrected chi connectivity index (χ2v) is 6.98. The number of halogens is 1. The van der Waals surface area contributed by atoms with E-state index in [-0.39, 0.29) is 30.6 Å². The maximum absolute atomic E-state index is 10.7. The van der Waals surface area contributed by atoms with Crippen LogP contribution in [0.1, 0.15) is 45.1 Å². The summed E-state index contributed by atoms with van der Waals surface area (Å²) < 4.78 is 5.27. The van der Waals surface area contributed by atoms with E-state index in [4.69, 9.17) is 15.5 Å². The number of ether oxygens (including phenoxy) is 1. The molecule has 0 bridgehead atoms. The van der Waals surface area contributed by atoms with Gasteiger partial charge in [0.15, 0.2) is 12.6 Å². The van der Waals surface area contributed by atoms with Gasteiger partial charge in [0.1, 0.15) is 5.75 Å². The molecule has 0 radical (unpaired) electrons. The minimum atomic E-state index is -0.472. The predicted molar refractivity (Wildman–Crippen MR) is 121 cm³/mol. The molecule has 1 saturated carbocycles. The first-order valence-corrected chi connectivity index (χ1v) is 9.59. The third kappa shape index (κ3) is 7.94. The lowest BCUT2D eigenvalue weighted by Gasteiger charge is -2.40. The Balaban J connectivity index is 0.00000364. The molecular formula is C20H33IN4O2. The Hall–Kier alpha value is -1.51. The summed E-state index contributed by atoms with van der Waals surface area (Å²) in [7, 11) is 0. The van der Waals surface area contributed by atoms with Crippen LogP contribution in [0.4, 0.5) is 0 Å². The number of aliphatic imine (C=N–C) groups is 1. The number of primary amides is 1. The van der Waals surface area contributed by atoms with E-state index in [1.807, 2.05) is 24.3 Å². The van der Waals surface area contributed by atoms with Gasteiger partial charge in [0.25, 0.3) is 5.91 Å². The van der Waals surface area contributed by atoms with Crippen LogP contribution in [0.25, 0.3) is 0 Å². The van der Waals surface area contributed by atoms with Crippen molar-refractivity contribution >= 4 is 35.8 Å². The van der Waals surface area contributed by atoms with Gasteiger partial charge in [-0.2, -0.15) is 0 Å². The molecule has 1 amide bonds. The van der Waals surface area contributed by atoms with Gasteiger partial charge in [-0.3, -0.25) is 9.79 Å². The minimum Gasteiger partial charge on any atom is -0.484 e. The maximum atomic E-state index is 10.7. The van der Waals surface area contributed by atoms with Crippen molar-refractivity contribution in [3.05, 3.63) is 29.8 Å². The van der Waals surface area contributed by atoms with Gasteiger partial charge >= 0.3 is 0 Å². The highest BCUT2D eigenvalue weighted by Crippen LogP contribution is 2.43. The Morgan fingerprint density at radius 3 is 2.44 bits per heavy atom. The summed E-state index contributed by atoms with van der Waals surface area (Å²) in [5, 5.41) is 6.74. The number of benzene rings is 1. The van der Waals surface area contributed by atoms with E-state index in [0.717, 1.165) is 32.0 Å². The molecule has 0 atom stereocenters. The van der Waals surface area contributed by atoms with Gasteiger partial charge in [-0.15, -0.1) is 24.0 Å². The summed E-state index contributed by atoms with van der Waals surface area (Å²) in [5.74, 6) is 1.08. The molecule has 0 heterocycles. The fraction of sp³-hybridized carbons (Fsp3) is 0.600. The van der Waals surface area contributed by atoms with Gasteiger partial charge in [-0.05, 0) is 55.7 Å². The average Bonchev–Trinajstić information content (AvgIpc) is 2.60. The lowest BCUT2D eigenvalue weighted by atomic mass is 9.67. The highest BCUT2D eigenvalue weighted by Gasteiger charge is 2.34. The van der Waals surface area contributed by atoms with Crippen LogP contribution in [0.5, 0.6) is 5.75 Å². The predicted octanol–water partition coefficient (Wildman–Crippen LogP) is 2.85. The molecule has 1 aromatic rings. The van der Waals surface area contributed by atoms with Gasteiger partial charge in [0.05, 0.1) is 0 Å². The minimum absolute atomic E-state index is 0. The maximum Gasteiger partial charge on any atom is 0.255 e. The lowest BCUT2D eigenvalue weighted by Crippen LogP contribution is -2.40. The molecule has 0 unspecified atom stereocenters. The number of nitrogens with zero attached hydrogens (tertiary/aromatic N) is 1. The van der Waals surface area contributed by atoms with Crippen LogP contribution >= 0.6 is 24.0 Å². The summed E-state index contributed by atoms with van der Waals surface area (Å²) in [6.45, 7) is 6.84. The third-order valence-corrected chi connectivity index (χ3v) is 5.09. The van der Waals surface area contributed by atoms with Crippen molar-refractivity contribution in [1.82, 2.24) is 10.6 Å². The molecule has 27 heavy (non-hydrogen) atoms. The van der Waals surface area contributed by atoms with Crippen molar-refractivity contribution in [3.63, 3.8) is 0 Å². The zero-order valence-corrected chi connectivity index (χ0v) is 18.8. The molecule has 0 saturated heterocycles. The molecule has 0 aromatic heterocycles. The van der Waals surface area contributed by atoms with Gasteiger partial charge < -0.3 is 21.1 Å². The molecule has 0 spiro atoms. The summed E-state index contributed by atoms with van der Waals surface area (Å²) in [6.07, 6.45) is 6.04. The smallest absolute Gasteiger partial charge is 0.255 e. The molecule has 2 rings (SSSR count). The van der Waals surface area contributed by atoms with Gasteiger partial charge in [0, 0.05) is 19.6 Å². The summed E-state index contributed by atoms with van der Waals surface area (Å²) in [6, 6.07) is 7.73. The fourth-order valence-electron chi connectivity index (χ4n) is 3.12. The molecule has 0 aliphatic heterocycles. The van der Waals surface area contributed by atoms with E-state index in [1.165, 1.54) is 31.2 Å². The highest BCUT2D eigenvalue weighted by molar-refractivity contribution is 14.0. The molecule has 7 heteroatoms. The normalized spacial score (nSPS) is 15.3. The Labute approximate surface area is 179 Å². The molecule has 1 aliphatic rings. The van der Waals surface area contributed by atoms with E-state index in [9.17, 15) is 4.79 Å². The van der Waals surface area contributed by atoms with E-state index < -0.39 is 5.91 Å².